The third-order valence-electron chi connectivity index (χ3n) is 2.92. The van der Waals surface area contributed by atoms with E-state index in [2.05, 4.69) is 5.10 Å². The van der Waals surface area contributed by atoms with Gasteiger partial charge in [-0.25, -0.2) is 4.39 Å². The monoisotopic (exact) mass is 308 g/mol. The van der Waals surface area contributed by atoms with Crippen LogP contribution in [0.25, 0.3) is 0 Å². The van der Waals surface area contributed by atoms with E-state index in [1.807, 2.05) is 6.92 Å². The highest BCUT2D eigenvalue weighted by atomic mass is 32.2. The lowest BCUT2D eigenvalue weighted by Crippen LogP contribution is -2.13. The summed E-state index contributed by atoms with van der Waals surface area (Å²) in [5.74, 6) is 0.171. The molecule has 4 nitrogen and oxygen atoms in total. The standard InChI is InChI=1S/C15H17FN2O2S/c1-3-8-18-15(13(20-2)9-17-18)12(19)10-21-14-7-5-4-6-11(14)16/h4-7,9H,3,8,10H2,1-2H3. The Kier molecular flexibility index (Phi) is 5.38. The molecular weight excluding hydrogens is 291 g/mol. The molecule has 0 aliphatic carbocycles. The van der Waals surface area contributed by atoms with Crippen LogP contribution < -0.4 is 4.74 Å². The summed E-state index contributed by atoms with van der Waals surface area (Å²) in [7, 11) is 1.51. The highest BCUT2D eigenvalue weighted by Gasteiger charge is 2.19. The van der Waals surface area contributed by atoms with Gasteiger partial charge in [-0.15, -0.1) is 11.8 Å². The highest BCUT2D eigenvalue weighted by Crippen LogP contribution is 2.25. The first-order valence-corrected chi connectivity index (χ1v) is 7.66. The van der Waals surface area contributed by atoms with E-state index in [0.29, 0.717) is 22.9 Å². The number of benzene rings is 1. The molecule has 0 aliphatic rings. The van der Waals surface area contributed by atoms with E-state index in [1.54, 1.807) is 22.9 Å². The number of hydrogen-bond acceptors (Lipinski definition) is 4. The minimum atomic E-state index is -0.315. The normalized spacial score (nSPS) is 10.6. The number of aromatic nitrogens is 2. The van der Waals surface area contributed by atoms with Gasteiger partial charge in [0.2, 0.25) is 0 Å². The second kappa shape index (κ2) is 7.26. The van der Waals surface area contributed by atoms with Gasteiger partial charge in [0.15, 0.2) is 11.5 Å². The summed E-state index contributed by atoms with van der Waals surface area (Å²) in [6, 6.07) is 6.42. The van der Waals surface area contributed by atoms with Crippen LogP contribution in [0.3, 0.4) is 0 Å². The number of aryl methyl sites for hydroxylation is 1. The first kappa shape index (κ1) is 15.6. The van der Waals surface area contributed by atoms with Gasteiger partial charge in [0.1, 0.15) is 11.5 Å². The van der Waals surface area contributed by atoms with Crippen molar-refractivity contribution in [3.05, 3.63) is 42.0 Å². The zero-order chi connectivity index (χ0) is 15.2. The van der Waals surface area contributed by atoms with Crippen LogP contribution in [0.5, 0.6) is 5.75 Å². The number of rotatable bonds is 7. The average Bonchev–Trinajstić information content (AvgIpc) is 2.89. The molecule has 0 fully saturated rings. The maximum atomic E-state index is 13.6. The zero-order valence-corrected chi connectivity index (χ0v) is 12.8. The first-order valence-electron chi connectivity index (χ1n) is 6.67. The van der Waals surface area contributed by atoms with Crippen LogP contribution in [0.15, 0.2) is 35.4 Å². The fourth-order valence-corrected chi connectivity index (χ4v) is 2.76. The number of nitrogens with zero attached hydrogens (tertiary/aromatic N) is 2. The lowest BCUT2D eigenvalue weighted by molar-refractivity contribution is 0.100. The molecule has 6 heteroatoms. The molecule has 0 aliphatic heterocycles. The van der Waals surface area contributed by atoms with Crippen molar-refractivity contribution >= 4 is 17.5 Å². The van der Waals surface area contributed by atoms with Crippen LogP contribution in [0.2, 0.25) is 0 Å². The largest absolute Gasteiger partial charge is 0.493 e. The number of halogens is 1. The average molecular weight is 308 g/mol. The van der Waals surface area contributed by atoms with E-state index >= 15 is 0 Å². The smallest absolute Gasteiger partial charge is 0.194 e. The molecular formula is C15H17FN2O2S. The quantitative estimate of drug-likeness (QED) is 0.581. The van der Waals surface area contributed by atoms with Crippen molar-refractivity contribution in [2.45, 2.75) is 24.8 Å². The molecule has 0 unspecified atom stereocenters. The Bertz CT molecular complexity index is 628. The van der Waals surface area contributed by atoms with Gasteiger partial charge in [-0.3, -0.25) is 9.48 Å². The third kappa shape index (κ3) is 3.64. The highest BCUT2D eigenvalue weighted by molar-refractivity contribution is 8.00. The van der Waals surface area contributed by atoms with Crippen LogP contribution >= 0.6 is 11.8 Å². The molecule has 21 heavy (non-hydrogen) atoms. The SMILES string of the molecule is CCCn1ncc(OC)c1C(=O)CSc1ccccc1F. The molecule has 1 aromatic carbocycles. The van der Waals surface area contributed by atoms with Crippen LogP contribution in [-0.4, -0.2) is 28.4 Å². The van der Waals surface area contributed by atoms with Crippen molar-refractivity contribution in [1.82, 2.24) is 9.78 Å². The lowest BCUT2D eigenvalue weighted by atomic mass is 10.3. The van der Waals surface area contributed by atoms with Gasteiger partial charge >= 0.3 is 0 Å². The van der Waals surface area contributed by atoms with E-state index in [9.17, 15) is 9.18 Å². The summed E-state index contributed by atoms with van der Waals surface area (Å²) in [6.07, 6.45) is 2.40. The van der Waals surface area contributed by atoms with Crippen molar-refractivity contribution in [2.75, 3.05) is 12.9 Å². The Balaban J connectivity index is 2.13. The molecule has 0 atom stereocenters. The molecule has 1 aromatic heterocycles. The van der Waals surface area contributed by atoms with E-state index < -0.39 is 0 Å². The van der Waals surface area contributed by atoms with E-state index in [4.69, 9.17) is 4.74 Å². The molecule has 0 saturated carbocycles. The first-order chi connectivity index (χ1) is 10.2. The Labute approximate surface area is 127 Å². The van der Waals surface area contributed by atoms with Crippen LogP contribution in [0, 0.1) is 5.82 Å². The molecule has 2 aromatic rings. The summed E-state index contributed by atoms with van der Waals surface area (Å²) in [4.78, 5) is 12.8. The number of hydrogen-bond donors (Lipinski definition) is 0. The Morgan fingerprint density at radius 2 is 2.19 bits per heavy atom. The van der Waals surface area contributed by atoms with Crippen molar-refractivity contribution < 1.29 is 13.9 Å². The fraction of sp³-hybridized carbons (Fsp3) is 0.333. The van der Waals surface area contributed by atoms with Gasteiger partial charge in [0.05, 0.1) is 19.1 Å². The van der Waals surface area contributed by atoms with Gasteiger partial charge < -0.3 is 4.74 Å². The lowest BCUT2D eigenvalue weighted by Gasteiger charge is -2.07. The summed E-state index contributed by atoms with van der Waals surface area (Å²) < 4.78 is 20.4. The molecule has 0 N–H and O–H groups in total. The van der Waals surface area contributed by atoms with Crippen molar-refractivity contribution in [3.8, 4) is 5.75 Å². The summed E-state index contributed by atoms with van der Waals surface area (Å²) in [5, 5.41) is 4.16. The topological polar surface area (TPSA) is 44.1 Å². The van der Waals surface area contributed by atoms with Crippen molar-refractivity contribution in [3.63, 3.8) is 0 Å². The number of thioether (sulfide) groups is 1. The molecule has 1 heterocycles. The number of methoxy groups -OCH3 is 1. The van der Waals surface area contributed by atoms with Crippen LogP contribution in [0.4, 0.5) is 4.39 Å². The minimum Gasteiger partial charge on any atom is -0.493 e. The van der Waals surface area contributed by atoms with Gasteiger partial charge in [0, 0.05) is 11.4 Å². The molecule has 0 amide bonds. The third-order valence-corrected chi connectivity index (χ3v) is 3.97. The molecule has 2 rings (SSSR count). The van der Waals surface area contributed by atoms with Gasteiger partial charge in [0.25, 0.3) is 0 Å². The van der Waals surface area contributed by atoms with Crippen molar-refractivity contribution in [1.29, 1.82) is 0 Å². The van der Waals surface area contributed by atoms with Gasteiger partial charge in [-0.1, -0.05) is 19.1 Å². The second-order valence-corrected chi connectivity index (χ2v) is 5.44. The fourth-order valence-electron chi connectivity index (χ4n) is 1.95. The van der Waals surface area contributed by atoms with Crippen molar-refractivity contribution in [2.24, 2.45) is 0 Å². The van der Waals surface area contributed by atoms with Crippen LogP contribution in [0.1, 0.15) is 23.8 Å². The molecule has 112 valence electrons. The zero-order valence-electron chi connectivity index (χ0n) is 12.0. The molecule has 0 saturated heterocycles. The predicted octanol–water partition coefficient (Wildman–Crippen LogP) is 3.42. The number of ether oxygens (including phenoxy) is 1. The minimum absolute atomic E-state index is 0.119. The van der Waals surface area contributed by atoms with Gasteiger partial charge in [-0.2, -0.15) is 5.10 Å². The van der Waals surface area contributed by atoms with E-state index in [0.717, 1.165) is 6.42 Å². The number of carbonyl (C=O) groups excluding carboxylic acids is 1. The molecule has 0 radical (unpaired) electrons. The maximum absolute atomic E-state index is 13.6. The summed E-state index contributed by atoms with van der Waals surface area (Å²) >= 11 is 1.18. The van der Waals surface area contributed by atoms with E-state index in [-0.39, 0.29) is 17.4 Å². The van der Waals surface area contributed by atoms with E-state index in [1.165, 1.54) is 31.1 Å². The second-order valence-electron chi connectivity index (χ2n) is 4.43. The number of carbonyl (C=O) groups is 1. The Hall–Kier alpha value is -1.82. The van der Waals surface area contributed by atoms with Crippen LogP contribution in [-0.2, 0) is 6.54 Å². The molecule has 0 bridgehead atoms. The predicted molar refractivity (Wildman–Crippen MR) is 80.5 cm³/mol. The molecule has 0 spiro atoms. The number of ketones is 1. The number of Topliss-reactive ketones (excluding diaryl/α,β-unsaturated/α-hetero) is 1. The summed E-state index contributed by atoms with van der Waals surface area (Å²) in [6.45, 7) is 2.66. The Morgan fingerprint density at radius 3 is 2.86 bits per heavy atom. The maximum Gasteiger partial charge on any atom is 0.194 e. The van der Waals surface area contributed by atoms with Gasteiger partial charge in [-0.05, 0) is 18.6 Å². The Morgan fingerprint density at radius 1 is 1.43 bits per heavy atom. The summed E-state index contributed by atoms with van der Waals surface area (Å²) in [5.41, 5.74) is 0.447.